The Morgan fingerprint density at radius 1 is 1.15 bits per heavy atom. The SMILES string of the molecule is CN(Cc1ccc(Br)cc1)C(=O)Cc1ccccc1N. The van der Waals surface area contributed by atoms with Crippen LogP contribution in [0, 0.1) is 0 Å². The molecule has 0 radical (unpaired) electrons. The highest BCUT2D eigenvalue weighted by atomic mass is 79.9. The molecule has 0 aromatic heterocycles. The average Bonchev–Trinajstić information content (AvgIpc) is 2.44. The van der Waals surface area contributed by atoms with Gasteiger partial charge in [0.25, 0.3) is 0 Å². The van der Waals surface area contributed by atoms with E-state index in [1.54, 1.807) is 4.90 Å². The molecule has 4 heteroatoms. The van der Waals surface area contributed by atoms with Crippen molar-refractivity contribution in [3.05, 3.63) is 64.1 Å². The van der Waals surface area contributed by atoms with E-state index in [0.29, 0.717) is 18.7 Å². The monoisotopic (exact) mass is 332 g/mol. The first kappa shape index (κ1) is 14.6. The molecule has 0 aliphatic carbocycles. The van der Waals surface area contributed by atoms with Crippen molar-refractivity contribution in [2.75, 3.05) is 12.8 Å². The molecule has 2 aromatic rings. The van der Waals surface area contributed by atoms with Crippen molar-refractivity contribution in [3.8, 4) is 0 Å². The van der Waals surface area contributed by atoms with Gasteiger partial charge in [0.15, 0.2) is 0 Å². The van der Waals surface area contributed by atoms with Gasteiger partial charge in [-0.15, -0.1) is 0 Å². The van der Waals surface area contributed by atoms with Gasteiger partial charge in [-0.1, -0.05) is 46.3 Å². The molecule has 104 valence electrons. The largest absolute Gasteiger partial charge is 0.398 e. The summed E-state index contributed by atoms with van der Waals surface area (Å²) >= 11 is 3.40. The van der Waals surface area contributed by atoms with Gasteiger partial charge in [0, 0.05) is 23.8 Å². The number of rotatable bonds is 4. The smallest absolute Gasteiger partial charge is 0.227 e. The zero-order valence-electron chi connectivity index (χ0n) is 11.3. The van der Waals surface area contributed by atoms with Gasteiger partial charge in [0.1, 0.15) is 0 Å². The molecule has 0 saturated heterocycles. The summed E-state index contributed by atoms with van der Waals surface area (Å²) in [7, 11) is 1.81. The third kappa shape index (κ3) is 3.84. The average molecular weight is 333 g/mol. The van der Waals surface area contributed by atoms with Gasteiger partial charge in [0.2, 0.25) is 5.91 Å². The van der Waals surface area contributed by atoms with Crippen molar-refractivity contribution in [1.82, 2.24) is 4.90 Å². The molecule has 0 aliphatic heterocycles. The van der Waals surface area contributed by atoms with E-state index in [1.165, 1.54) is 0 Å². The van der Waals surface area contributed by atoms with E-state index in [9.17, 15) is 4.79 Å². The van der Waals surface area contributed by atoms with Crippen LogP contribution in [0.2, 0.25) is 0 Å². The molecule has 0 saturated carbocycles. The number of nitrogens with zero attached hydrogens (tertiary/aromatic N) is 1. The molecule has 20 heavy (non-hydrogen) atoms. The molecule has 0 heterocycles. The summed E-state index contributed by atoms with van der Waals surface area (Å²) in [6.07, 6.45) is 0.333. The maximum absolute atomic E-state index is 12.2. The molecule has 1 amide bonds. The summed E-state index contributed by atoms with van der Waals surface area (Å²) in [6, 6.07) is 15.4. The molecular weight excluding hydrogens is 316 g/mol. The van der Waals surface area contributed by atoms with E-state index >= 15 is 0 Å². The zero-order chi connectivity index (χ0) is 14.5. The zero-order valence-corrected chi connectivity index (χ0v) is 12.9. The molecule has 3 nitrogen and oxygen atoms in total. The van der Waals surface area contributed by atoms with Crippen LogP contribution in [0.15, 0.2) is 53.0 Å². The topological polar surface area (TPSA) is 46.3 Å². The Labute approximate surface area is 127 Å². The van der Waals surface area contributed by atoms with E-state index in [0.717, 1.165) is 15.6 Å². The number of nitrogen functional groups attached to an aromatic ring is 1. The Hall–Kier alpha value is -1.81. The number of benzene rings is 2. The quantitative estimate of drug-likeness (QED) is 0.873. The lowest BCUT2D eigenvalue weighted by Gasteiger charge is -2.18. The van der Waals surface area contributed by atoms with Crippen LogP contribution < -0.4 is 5.73 Å². The fourth-order valence-electron chi connectivity index (χ4n) is 1.94. The second-order valence-electron chi connectivity index (χ2n) is 4.75. The minimum Gasteiger partial charge on any atom is -0.398 e. The lowest BCUT2D eigenvalue weighted by Crippen LogP contribution is -2.27. The molecule has 0 spiro atoms. The number of carbonyl (C=O) groups is 1. The summed E-state index contributed by atoms with van der Waals surface area (Å²) in [5.74, 6) is 0.0609. The Morgan fingerprint density at radius 2 is 1.80 bits per heavy atom. The highest BCUT2D eigenvalue weighted by molar-refractivity contribution is 9.10. The second-order valence-corrected chi connectivity index (χ2v) is 5.67. The van der Waals surface area contributed by atoms with Crippen LogP contribution in [0.5, 0.6) is 0 Å². The molecule has 0 fully saturated rings. The van der Waals surface area contributed by atoms with Crippen LogP contribution in [-0.2, 0) is 17.8 Å². The van der Waals surface area contributed by atoms with Crippen molar-refractivity contribution in [3.63, 3.8) is 0 Å². The number of amides is 1. The third-order valence-corrected chi connectivity index (χ3v) is 3.68. The Kier molecular flexibility index (Phi) is 4.79. The maximum Gasteiger partial charge on any atom is 0.227 e. The summed E-state index contributed by atoms with van der Waals surface area (Å²) < 4.78 is 1.03. The first-order valence-electron chi connectivity index (χ1n) is 6.38. The minimum absolute atomic E-state index is 0.0609. The lowest BCUT2D eigenvalue weighted by molar-refractivity contribution is -0.129. The first-order valence-corrected chi connectivity index (χ1v) is 7.17. The highest BCUT2D eigenvalue weighted by Gasteiger charge is 2.11. The molecule has 2 aromatic carbocycles. The van der Waals surface area contributed by atoms with E-state index < -0.39 is 0 Å². The molecular formula is C16H17BrN2O. The number of hydrogen-bond donors (Lipinski definition) is 1. The Bertz CT molecular complexity index is 596. The molecule has 0 aliphatic rings. The van der Waals surface area contributed by atoms with Gasteiger partial charge in [-0.25, -0.2) is 0 Å². The van der Waals surface area contributed by atoms with Gasteiger partial charge in [-0.2, -0.15) is 0 Å². The fraction of sp³-hybridized carbons (Fsp3) is 0.188. The van der Waals surface area contributed by atoms with Crippen molar-refractivity contribution >= 4 is 27.5 Å². The van der Waals surface area contributed by atoms with Crippen LogP contribution in [0.1, 0.15) is 11.1 Å². The Morgan fingerprint density at radius 3 is 2.45 bits per heavy atom. The highest BCUT2D eigenvalue weighted by Crippen LogP contribution is 2.14. The fourth-order valence-corrected chi connectivity index (χ4v) is 2.21. The number of anilines is 1. The molecule has 0 atom stereocenters. The van der Waals surface area contributed by atoms with E-state index in [4.69, 9.17) is 5.73 Å². The van der Waals surface area contributed by atoms with Crippen LogP contribution in [0.4, 0.5) is 5.69 Å². The number of nitrogens with two attached hydrogens (primary N) is 1. The second kappa shape index (κ2) is 6.57. The van der Waals surface area contributed by atoms with Gasteiger partial charge in [0.05, 0.1) is 6.42 Å². The Balaban J connectivity index is 1.99. The minimum atomic E-state index is 0.0609. The number of para-hydroxylation sites is 1. The molecule has 0 bridgehead atoms. The lowest BCUT2D eigenvalue weighted by atomic mass is 10.1. The van der Waals surface area contributed by atoms with Gasteiger partial charge >= 0.3 is 0 Å². The number of likely N-dealkylation sites (N-methyl/N-ethyl adjacent to an activating group) is 1. The molecule has 2 N–H and O–H groups in total. The molecule has 2 rings (SSSR count). The summed E-state index contributed by atoms with van der Waals surface area (Å²) in [5, 5.41) is 0. The standard InChI is InChI=1S/C16H17BrN2O/c1-19(11-12-6-8-14(17)9-7-12)16(20)10-13-4-2-3-5-15(13)18/h2-9H,10-11,18H2,1H3. The summed E-state index contributed by atoms with van der Waals surface area (Å²) in [6.45, 7) is 0.596. The van der Waals surface area contributed by atoms with Gasteiger partial charge < -0.3 is 10.6 Å². The first-order chi connectivity index (χ1) is 9.56. The van der Waals surface area contributed by atoms with Crippen LogP contribution in [0.3, 0.4) is 0 Å². The summed E-state index contributed by atoms with van der Waals surface area (Å²) in [5.41, 5.74) is 8.50. The van der Waals surface area contributed by atoms with Crippen LogP contribution in [0.25, 0.3) is 0 Å². The summed E-state index contributed by atoms with van der Waals surface area (Å²) in [4.78, 5) is 13.9. The maximum atomic E-state index is 12.2. The van der Waals surface area contributed by atoms with Gasteiger partial charge in [-0.3, -0.25) is 4.79 Å². The van der Waals surface area contributed by atoms with Crippen molar-refractivity contribution in [2.24, 2.45) is 0 Å². The third-order valence-electron chi connectivity index (χ3n) is 3.16. The van der Waals surface area contributed by atoms with Gasteiger partial charge in [-0.05, 0) is 29.3 Å². The molecule has 0 unspecified atom stereocenters. The predicted octanol–water partition coefficient (Wildman–Crippen LogP) is 3.23. The van der Waals surface area contributed by atoms with E-state index in [1.807, 2.05) is 55.6 Å². The number of carbonyl (C=O) groups excluding carboxylic acids is 1. The van der Waals surface area contributed by atoms with Crippen molar-refractivity contribution in [2.45, 2.75) is 13.0 Å². The van der Waals surface area contributed by atoms with E-state index in [2.05, 4.69) is 15.9 Å². The van der Waals surface area contributed by atoms with E-state index in [-0.39, 0.29) is 5.91 Å². The normalized spacial score (nSPS) is 10.3. The van der Waals surface area contributed by atoms with Crippen LogP contribution >= 0.6 is 15.9 Å². The van der Waals surface area contributed by atoms with Crippen LogP contribution in [-0.4, -0.2) is 17.9 Å². The van der Waals surface area contributed by atoms with Crippen molar-refractivity contribution in [1.29, 1.82) is 0 Å². The number of hydrogen-bond acceptors (Lipinski definition) is 2. The number of halogens is 1. The predicted molar refractivity (Wildman–Crippen MR) is 85.2 cm³/mol. The van der Waals surface area contributed by atoms with Crippen molar-refractivity contribution < 1.29 is 4.79 Å².